The van der Waals surface area contributed by atoms with Crippen LogP contribution in [0.1, 0.15) is 5.56 Å². The molecule has 0 aliphatic carbocycles. The molecule has 1 rings (SSSR count). The van der Waals surface area contributed by atoms with Crippen LogP contribution in [0.15, 0.2) is 30.3 Å². The van der Waals surface area contributed by atoms with Crippen LogP contribution in [-0.4, -0.2) is 13.2 Å². The zero-order valence-corrected chi connectivity index (χ0v) is 6.86. The van der Waals surface area contributed by atoms with Crippen LogP contribution >= 0.6 is 0 Å². The lowest BCUT2D eigenvalue weighted by atomic mass is 10.2. The molecular formula is C10H11NO. The average Bonchev–Trinajstić information content (AvgIpc) is 2.14. The van der Waals surface area contributed by atoms with Gasteiger partial charge in [-0.25, -0.2) is 0 Å². The lowest BCUT2D eigenvalue weighted by Gasteiger charge is -1.99. The number of ether oxygens (including phenoxy) is 1. The fourth-order valence-corrected chi connectivity index (χ4v) is 0.953. The van der Waals surface area contributed by atoms with E-state index < -0.39 is 0 Å². The van der Waals surface area contributed by atoms with E-state index in [0.29, 0.717) is 6.61 Å². The van der Waals surface area contributed by atoms with Crippen molar-refractivity contribution in [3.05, 3.63) is 35.9 Å². The molecule has 12 heavy (non-hydrogen) atoms. The zero-order valence-electron chi connectivity index (χ0n) is 6.86. The van der Waals surface area contributed by atoms with Crippen LogP contribution in [0.4, 0.5) is 0 Å². The van der Waals surface area contributed by atoms with E-state index in [0.717, 1.165) is 6.42 Å². The number of benzene rings is 1. The molecule has 1 aromatic rings. The largest absolute Gasteiger partial charge is 0.366 e. The van der Waals surface area contributed by atoms with Gasteiger partial charge < -0.3 is 4.74 Å². The molecular weight excluding hydrogens is 150 g/mol. The van der Waals surface area contributed by atoms with Gasteiger partial charge in [-0.1, -0.05) is 30.3 Å². The predicted octanol–water partition coefficient (Wildman–Crippen LogP) is 1.77. The highest BCUT2D eigenvalue weighted by molar-refractivity contribution is 5.14. The Morgan fingerprint density at radius 3 is 2.67 bits per heavy atom. The quantitative estimate of drug-likeness (QED) is 0.630. The van der Waals surface area contributed by atoms with Gasteiger partial charge in [-0.2, -0.15) is 5.26 Å². The van der Waals surface area contributed by atoms with Gasteiger partial charge in [-0.15, -0.1) is 0 Å². The van der Waals surface area contributed by atoms with Gasteiger partial charge in [-0.05, 0) is 12.0 Å². The SMILES string of the molecule is N#CCOCCc1ccccc1. The van der Waals surface area contributed by atoms with Crippen LogP contribution in [0.2, 0.25) is 0 Å². The first-order chi connectivity index (χ1) is 5.93. The third-order valence-electron chi connectivity index (χ3n) is 1.54. The Morgan fingerprint density at radius 2 is 2.00 bits per heavy atom. The maximum Gasteiger partial charge on any atom is 0.133 e. The van der Waals surface area contributed by atoms with Crippen molar-refractivity contribution in [3.63, 3.8) is 0 Å². The lowest BCUT2D eigenvalue weighted by molar-refractivity contribution is 0.169. The molecule has 0 fully saturated rings. The molecule has 0 amide bonds. The second kappa shape index (κ2) is 5.34. The van der Waals surface area contributed by atoms with Gasteiger partial charge in [0.2, 0.25) is 0 Å². The fourth-order valence-electron chi connectivity index (χ4n) is 0.953. The minimum absolute atomic E-state index is 0.187. The smallest absolute Gasteiger partial charge is 0.133 e. The summed E-state index contributed by atoms with van der Waals surface area (Å²) in [5.74, 6) is 0. The van der Waals surface area contributed by atoms with E-state index in [9.17, 15) is 0 Å². The molecule has 0 aliphatic heterocycles. The van der Waals surface area contributed by atoms with E-state index in [-0.39, 0.29) is 6.61 Å². The topological polar surface area (TPSA) is 33.0 Å². The van der Waals surface area contributed by atoms with Gasteiger partial charge in [0.1, 0.15) is 6.61 Å². The first kappa shape index (κ1) is 8.76. The van der Waals surface area contributed by atoms with E-state index in [1.807, 2.05) is 24.3 Å². The van der Waals surface area contributed by atoms with Crippen LogP contribution in [0.25, 0.3) is 0 Å². The Labute approximate surface area is 72.4 Å². The molecule has 0 N–H and O–H groups in total. The highest BCUT2D eigenvalue weighted by Gasteiger charge is 1.90. The Kier molecular flexibility index (Phi) is 3.90. The first-order valence-corrected chi connectivity index (χ1v) is 3.92. The average molecular weight is 161 g/mol. The third-order valence-corrected chi connectivity index (χ3v) is 1.54. The molecule has 62 valence electrons. The molecule has 2 heteroatoms. The maximum absolute atomic E-state index is 8.19. The van der Waals surface area contributed by atoms with Crippen LogP contribution in [0.3, 0.4) is 0 Å². The van der Waals surface area contributed by atoms with Crippen LogP contribution in [0, 0.1) is 11.3 Å². The maximum atomic E-state index is 8.19. The van der Waals surface area contributed by atoms with E-state index in [2.05, 4.69) is 12.1 Å². The molecule has 0 aromatic heterocycles. The summed E-state index contributed by atoms with van der Waals surface area (Å²) in [6.45, 7) is 0.810. The Balaban J connectivity index is 2.21. The summed E-state index contributed by atoms with van der Waals surface area (Å²) in [4.78, 5) is 0. The Morgan fingerprint density at radius 1 is 1.25 bits per heavy atom. The van der Waals surface area contributed by atoms with Gasteiger partial charge in [0.25, 0.3) is 0 Å². The number of nitrogens with zero attached hydrogens (tertiary/aromatic N) is 1. The van der Waals surface area contributed by atoms with Crippen molar-refractivity contribution in [2.75, 3.05) is 13.2 Å². The standard InChI is InChI=1S/C10H11NO/c11-7-9-12-8-6-10-4-2-1-3-5-10/h1-5H,6,8-9H2. The van der Waals surface area contributed by atoms with Gasteiger partial charge in [-0.3, -0.25) is 0 Å². The summed E-state index contributed by atoms with van der Waals surface area (Å²) >= 11 is 0. The van der Waals surface area contributed by atoms with Gasteiger partial charge >= 0.3 is 0 Å². The Bertz CT molecular complexity index is 250. The lowest BCUT2D eigenvalue weighted by Crippen LogP contribution is -1.98. The molecule has 1 aromatic carbocycles. The van der Waals surface area contributed by atoms with Gasteiger partial charge in [0.15, 0.2) is 0 Å². The minimum atomic E-state index is 0.187. The van der Waals surface area contributed by atoms with Crippen molar-refractivity contribution >= 4 is 0 Å². The summed E-state index contributed by atoms with van der Waals surface area (Å²) < 4.78 is 5.03. The summed E-state index contributed by atoms with van der Waals surface area (Å²) in [5, 5.41) is 8.19. The molecule has 0 bridgehead atoms. The zero-order chi connectivity index (χ0) is 8.65. The number of hydrogen-bond donors (Lipinski definition) is 0. The number of rotatable bonds is 4. The minimum Gasteiger partial charge on any atom is -0.366 e. The van der Waals surface area contributed by atoms with Crippen molar-refractivity contribution in [2.24, 2.45) is 0 Å². The van der Waals surface area contributed by atoms with E-state index in [4.69, 9.17) is 10.00 Å². The molecule has 0 unspecified atom stereocenters. The molecule has 0 saturated heterocycles. The molecule has 0 aliphatic rings. The molecule has 0 heterocycles. The third kappa shape index (κ3) is 3.18. The summed E-state index contributed by atoms with van der Waals surface area (Å²) in [5.41, 5.74) is 1.25. The molecule has 0 atom stereocenters. The molecule has 2 nitrogen and oxygen atoms in total. The predicted molar refractivity (Wildman–Crippen MR) is 46.6 cm³/mol. The fraction of sp³-hybridized carbons (Fsp3) is 0.300. The van der Waals surface area contributed by atoms with Crippen molar-refractivity contribution in [1.29, 1.82) is 5.26 Å². The highest BCUT2D eigenvalue weighted by Crippen LogP contribution is 1.98. The van der Waals surface area contributed by atoms with Crippen LogP contribution in [-0.2, 0) is 11.2 Å². The summed E-state index contributed by atoms with van der Waals surface area (Å²) in [6.07, 6.45) is 0.878. The highest BCUT2D eigenvalue weighted by atomic mass is 16.5. The summed E-state index contributed by atoms with van der Waals surface area (Å²) in [7, 11) is 0. The Hall–Kier alpha value is -1.33. The van der Waals surface area contributed by atoms with E-state index >= 15 is 0 Å². The molecule has 0 spiro atoms. The van der Waals surface area contributed by atoms with Crippen molar-refractivity contribution in [2.45, 2.75) is 6.42 Å². The van der Waals surface area contributed by atoms with Gasteiger partial charge in [0.05, 0.1) is 12.7 Å². The molecule has 0 saturated carbocycles. The van der Waals surface area contributed by atoms with Crippen molar-refractivity contribution in [1.82, 2.24) is 0 Å². The van der Waals surface area contributed by atoms with Crippen molar-refractivity contribution < 1.29 is 4.74 Å². The van der Waals surface area contributed by atoms with E-state index in [1.165, 1.54) is 5.56 Å². The van der Waals surface area contributed by atoms with Crippen molar-refractivity contribution in [3.8, 4) is 6.07 Å². The van der Waals surface area contributed by atoms with Gasteiger partial charge in [0, 0.05) is 0 Å². The van der Waals surface area contributed by atoms with E-state index in [1.54, 1.807) is 0 Å². The number of hydrogen-bond acceptors (Lipinski definition) is 2. The first-order valence-electron chi connectivity index (χ1n) is 3.92. The second-order valence-corrected chi connectivity index (χ2v) is 2.45. The van der Waals surface area contributed by atoms with Crippen LogP contribution in [0.5, 0.6) is 0 Å². The van der Waals surface area contributed by atoms with Crippen LogP contribution < -0.4 is 0 Å². The normalized spacial score (nSPS) is 9.25. The molecule has 0 radical (unpaired) electrons. The summed E-state index contributed by atoms with van der Waals surface area (Å²) in [6, 6.07) is 12.0. The second-order valence-electron chi connectivity index (χ2n) is 2.45. The monoisotopic (exact) mass is 161 g/mol. The number of nitriles is 1.